The molecule has 1 aromatic rings. The molecule has 1 saturated carbocycles. The van der Waals surface area contributed by atoms with Crippen molar-refractivity contribution in [3.8, 4) is 0 Å². The van der Waals surface area contributed by atoms with Crippen LogP contribution in [0.25, 0.3) is 0 Å². The molecule has 1 aliphatic carbocycles. The second-order valence-electron chi connectivity index (χ2n) is 5.21. The van der Waals surface area contributed by atoms with E-state index < -0.39 is 23.0 Å². The van der Waals surface area contributed by atoms with Gasteiger partial charge in [0.2, 0.25) is 5.91 Å². The fourth-order valence-electron chi connectivity index (χ4n) is 2.64. The summed E-state index contributed by atoms with van der Waals surface area (Å²) in [5.41, 5.74) is 4.72. The van der Waals surface area contributed by atoms with Crippen molar-refractivity contribution in [1.82, 2.24) is 0 Å². The Balaban J connectivity index is 2.30. The van der Waals surface area contributed by atoms with E-state index in [9.17, 15) is 13.6 Å². The number of halogens is 3. The molecule has 0 radical (unpaired) electrons. The van der Waals surface area contributed by atoms with Gasteiger partial charge in [-0.3, -0.25) is 4.79 Å². The summed E-state index contributed by atoms with van der Waals surface area (Å²) in [6, 6.07) is 1.81. The first kappa shape index (κ1) is 16.3. The van der Waals surface area contributed by atoms with E-state index in [2.05, 4.69) is 21.2 Å². The van der Waals surface area contributed by atoms with Crippen LogP contribution in [0.2, 0.25) is 0 Å². The summed E-state index contributed by atoms with van der Waals surface area (Å²) in [5.74, 6) is -2.00. The minimum Gasteiger partial charge on any atom is -0.392 e. The van der Waals surface area contributed by atoms with Crippen LogP contribution in [0.3, 0.4) is 0 Å². The number of rotatable bonds is 3. The summed E-state index contributed by atoms with van der Waals surface area (Å²) in [5, 5.41) is 2.50. The lowest BCUT2D eigenvalue weighted by Crippen LogP contribution is -2.47. The Morgan fingerprint density at radius 3 is 2.43 bits per heavy atom. The van der Waals surface area contributed by atoms with Gasteiger partial charge in [-0.15, -0.1) is 0 Å². The second kappa shape index (κ2) is 6.36. The summed E-state index contributed by atoms with van der Waals surface area (Å²) in [6.45, 7) is 0. The zero-order chi connectivity index (χ0) is 15.6. The Bertz CT molecular complexity index is 565. The molecule has 0 spiro atoms. The minimum atomic E-state index is -0.951. The molecule has 3 nitrogen and oxygen atoms in total. The molecule has 0 aromatic heterocycles. The molecule has 1 amide bonds. The van der Waals surface area contributed by atoms with Crippen molar-refractivity contribution in [1.29, 1.82) is 0 Å². The van der Waals surface area contributed by atoms with Gasteiger partial charge in [0.05, 0.1) is 16.1 Å². The monoisotopic (exact) mass is 376 g/mol. The number of carbonyl (C=O) groups is 1. The van der Waals surface area contributed by atoms with E-state index >= 15 is 0 Å². The SMILES string of the molecule is NC(=S)C1(C(=O)Nc2c(F)cc(F)cc2Br)CCCCC1. The van der Waals surface area contributed by atoms with Crippen LogP contribution < -0.4 is 11.1 Å². The molecule has 0 unspecified atom stereocenters. The van der Waals surface area contributed by atoms with Crippen molar-refractivity contribution in [2.45, 2.75) is 32.1 Å². The van der Waals surface area contributed by atoms with Gasteiger partial charge in [-0.2, -0.15) is 0 Å². The van der Waals surface area contributed by atoms with Gasteiger partial charge in [-0.05, 0) is 34.8 Å². The minimum absolute atomic E-state index is 0.0948. The van der Waals surface area contributed by atoms with E-state index in [4.69, 9.17) is 18.0 Å². The lowest BCUT2D eigenvalue weighted by Gasteiger charge is -2.34. The zero-order valence-corrected chi connectivity index (χ0v) is 13.6. The molecule has 2 rings (SSSR count). The average Bonchev–Trinajstić information content (AvgIpc) is 2.43. The molecule has 3 N–H and O–H groups in total. The van der Waals surface area contributed by atoms with Gasteiger partial charge in [-0.25, -0.2) is 8.78 Å². The topological polar surface area (TPSA) is 55.1 Å². The smallest absolute Gasteiger partial charge is 0.237 e. The molecule has 1 aliphatic rings. The van der Waals surface area contributed by atoms with Crippen molar-refractivity contribution in [3.63, 3.8) is 0 Å². The number of amides is 1. The van der Waals surface area contributed by atoms with E-state index in [1.54, 1.807) is 0 Å². The number of carbonyl (C=O) groups excluding carboxylic acids is 1. The van der Waals surface area contributed by atoms with E-state index in [1.165, 1.54) is 0 Å². The highest BCUT2D eigenvalue weighted by Gasteiger charge is 2.42. The molecule has 0 bridgehead atoms. The maximum absolute atomic E-state index is 13.8. The number of nitrogens with two attached hydrogens (primary N) is 1. The quantitative estimate of drug-likeness (QED) is 0.786. The number of benzene rings is 1. The van der Waals surface area contributed by atoms with E-state index in [-0.39, 0.29) is 15.1 Å². The first-order chi connectivity index (χ1) is 9.86. The van der Waals surface area contributed by atoms with Crippen LogP contribution in [0.1, 0.15) is 32.1 Å². The van der Waals surface area contributed by atoms with Crippen molar-refractivity contribution >= 4 is 44.7 Å². The fourth-order valence-corrected chi connectivity index (χ4v) is 3.44. The molecule has 0 heterocycles. The summed E-state index contributed by atoms with van der Waals surface area (Å²) in [7, 11) is 0. The van der Waals surface area contributed by atoms with E-state index in [1.807, 2.05) is 0 Å². The van der Waals surface area contributed by atoms with Gasteiger partial charge < -0.3 is 11.1 Å². The lowest BCUT2D eigenvalue weighted by atomic mass is 9.73. The summed E-state index contributed by atoms with van der Waals surface area (Å²) in [4.78, 5) is 12.7. The van der Waals surface area contributed by atoms with E-state index in [0.29, 0.717) is 18.9 Å². The van der Waals surface area contributed by atoms with Crippen LogP contribution in [0.5, 0.6) is 0 Å². The first-order valence-corrected chi connectivity index (χ1v) is 7.83. The Morgan fingerprint density at radius 1 is 1.29 bits per heavy atom. The Kier molecular flexibility index (Phi) is 4.93. The van der Waals surface area contributed by atoms with Crippen LogP contribution >= 0.6 is 28.1 Å². The number of hydrogen-bond donors (Lipinski definition) is 2. The maximum Gasteiger partial charge on any atom is 0.237 e. The molecule has 0 atom stereocenters. The van der Waals surface area contributed by atoms with Gasteiger partial charge in [0, 0.05) is 10.5 Å². The molecular formula is C14H15BrF2N2OS. The van der Waals surface area contributed by atoms with Gasteiger partial charge in [0.15, 0.2) is 5.82 Å². The third-order valence-corrected chi connectivity index (χ3v) is 4.87. The van der Waals surface area contributed by atoms with Gasteiger partial charge in [0.25, 0.3) is 0 Å². The van der Waals surface area contributed by atoms with Gasteiger partial charge in [-0.1, -0.05) is 31.5 Å². The van der Waals surface area contributed by atoms with Crippen LogP contribution in [0, 0.1) is 17.0 Å². The predicted octanol–water partition coefficient (Wildman–Crippen LogP) is 3.90. The molecule has 0 saturated heterocycles. The van der Waals surface area contributed by atoms with Crippen molar-refractivity contribution in [2.75, 3.05) is 5.32 Å². The summed E-state index contributed by atoms with van der Waals surface area (Å²) < 4.78 is 27.0. The van der Waals surface area contributed by atoms with E-state index in [0.717, 1.165) is 25.3 Å². The van der Waals surface area contributed by atoms with Crippen LogP contribution in [-0.2, 0) is 4.79 Å². The Hall–Kier alpha value is -1.08. The molecule has 21 heavy (non-hydrogen) atoms. The summed E-state index contributed by atoms with van der Waals surface area (Å²) in [6.07, 6.45) is 3.81. The third-order valence-electron chi connectivity index (χ3n) is 3.86. The number of nitrogens with one attached hydrogen (secondary N) is 1. The Labute approximate surface area is 135 Å². The lowest BCUT2D eigenvalue weighted by molar-refractivity contribution is -0.123. The molecule has 1 aromatic carbocycles. The number of anilines is 1. The predicted molar refractivity (Wildman–Crippen MR) is 85.0 cm³/mol. The van der Waals surface area contributed by atoms with Crippen molar-refractivity contribution < 1.29 is 13.6 Å². The number of thiocarbonyl (C=S) groups is 1. The van der Waals surface area contributed by atoms with Crippen molar-refractivity contribution in [3.05, 3.63) is 28.2 Å². The third kappa shape index (κ3) is 3.23. The highest BCUT2D eigenvalue weighted by molar-refractivity contribution is 9.10. The fraction of sp³-hybridized carbons (Fsp3) is 0.429. The molecule has 1 fully saturated rings. The van der Waals surface area contributed by atoms with Crippen LogP contribution in [0.15, 0.2) is 16.6 Å². The molecule has 0 aliphatic heterocycles. The van der Waals surface area contributed by atoms with Crippen molar-refractivity contribution in [2.24, 2.45) is 11.1 Å². The zero-order valence-electron chi connectivity index (χ0n) is 11.2. The first-order valence-electron chi connectivity index (χ1n) is 6.63. The van der Waals surface area contributed by atoms with Gasteiger partial charge >= 0.3 is 0 Å². The standard InChI is InChI=1S/C14H15BrF2N2OS/c15-9-6-8(16)7-10(17)11(9)19-13(20)14(12(18)21)4-2-1-3-5-14/h6-7H,1-5H2,(H2,18,21)(H,19,20). The highest BCUT2D eigenvalue weighted by atomic mass is 79.9. The second-order valence-corrected chi connectivity index (χ2v) is 6.50. The van der Waals surface area contributed by atoms with Gasteiger partial charge in [0.1, 0.15) is 5.82 Å². The van der Waals surface area contributed by atoms with Crippen LogP contribution in [0.4, 0.5) is 14.5 Å². The largest absolute Gasteiger partial charge is 0.392 e. The number of hydrogen-bond acceptors (Lipinski definition) is 2. The molecular weight excluding hydrogens is 362 g/mol. The molecule has 114 valence electrons. The maximum atomic E-state index is 13.8. The highest BCUT2D eigenvalue weighted by Crippen LogP contribution is 2.39. The average molecular weight is 377 g/mol. The van der Waals surface area contributed by atoms with Crippen LogP contribution in [-0.4, -0.2) is 10.9 Å². The summed E-state index contributed by atoms with van der Waals surface area (Å²) >= 11 is 8.10. The Morgan fingerprint density at radius 2 is 1.90 bits per heavy atom. The molecule has 7 heteroatoms. The normalized spacial score (nSPS) is 17.3.